The van der Waals surface area contributed by atoms with E-state index in [-0.39, 0.29) is 0 Å². The molecule has 0 saturated heterocycles. The molecule has 1 aromatic rings. The Balaban J connectivity index is 3.23. The minimum absolute atomic E-state index is 0.811. The van der Waals surface area contributed by atoms with Gasteiger partial charge in [-0.2, -0.15) is 0 Å². The van der Waals surface area contributed by atoms with E-state index in [0.717, 1.165) is 10.8 Å². The van der Waals surface area contributed by atoms with Crippen molar-refractivity contribution in [2.75, 3.05) is 0 Å². The van der Waals surface area contributed by atoms with Gasteiger partial charge in [0.15, 0.2) is 11.8 Å². The second-order valence-electron chi connectivity index (χ2n) is 2.08. The molecule has 0 atom stereocenters. The second-order valence-corrected chi connectivity index (χ2v) is 2.08. The predicted octanol–water partition coefficient (Wildman–Crippen LogP) is 0.832. The molecule has 0 radical (unpaired) electrons. The zero-order chi connectivity index (χ0) is 8.10. The van der Waals surface area contributed by atoms with Crippen LogP contribution in [0.15, 0.2) is 23.0 Å². The van der Waals surface area contributed by atoms with Gasteiger partial charge < -0.3 is 4.42 Å². The van der Waals surface area contributed by atoms with Crippen molar-refractivity contribution in [3.8, 4) is 0 Å². The largest absolute Gasteiger partial charge is 0.443 e. The molecular formula is C9H11NO. The summed E-state index contributed by atoms with van der Waals surface area (Å²) in [5, 5.41) is 0.892. The molecule has 2 heteroatoms. The lowest BCUT2D eigenvalue weighted by atomic mass is 10.4. The van der Waals surface area contributed by atoms with Gasteiger partial charge in [0.05, 0.1) is 0 Å². The first-order chi connectivity index (χ1) is 5.38. The molecule has 0 aliphatic heterocycles. The van der Waals surface area contributed by atoms with Crippen LogP contribution in [0, 0.1) is 0 Å². The van der Waals surface area contributed by atoms with Gasteiger partial charge in [-0.3, -0.25) is 0 Å². The summed E-state index contributed by atoms with van der Waals surface area (Å²) in [4.78, 5) is 4.00. The summed E-state index contributed by atoms with van der Waals surface area (Å²) < 4.78 is 5.11. The maximum Gasteiger partial charge on any atom is 0.181 e. The third kappa shape index (κ3) is 1.80. The van der Waals surface area contributed by atoms with Crippen molar-refractivity contribution in [2.24, 2.45) is 0 Å². The lowest BCUT2D eigenvalue weighted by Crippen LogP contribution is -2.20. The third-order valence-corrected chi connectivity index (χ3v) is 1.34. The average Bonchev–Trinajstić information content (AvgIpc) is 2.47. The highest BCUT2D eigenvalue weighted by atomic mass is 16.3. The van der Waals surface area contributed by atoms with Crippen molar-refractivity contribution in [1.82, 2.24) is 4.98 Å². The average molecular weight is 149 g/mol. The number of hydrogen-bond donors (Lipinski definition) is 0. The summed E-state index contributed by atoms with van der Waals surface area (Å²) >= 11 is 0. The standard InChI is InChI=1S/C9H11NO/c1-3-5-6-9-8(4-2)10-7-11-9/h3-7H,1-2H3/b5-3-,8-4+,9-6+. The second kappa shape index (κ2) is 3.76. The van der Waals surface area contributed by atoms with Gasteiger partial charge in [0.25, 0.3) is 0 Å². The zero-order valence-corrected chi connectivity index (χ0v) is 6.74. The van der Waals surface area contributed by atoms with Gasteiger partial charge in [0.2, 0.25) is 0 Å². The maximum absolute atomic E-state index is 5.11. The molecule has 0 bridgehead atoms. The van der Waals surface area contributed by atoms with E-state index in [2.05, 4.69) is 4.98 Å². The van der Waals surface area contributed by atoms with Crippen LogP contribution in [-0.2, 0) is 0 Å². The van der Waals surface area contributed by atoms with Gasteiger partial charge in [-0.15, -0.1) is 0 Å². The van der Waals surface area contributed by atoms with E-state index in [9.17, 15) is 0 Å². The van der Waals surface area contributed by atoms with Gasteiger partial charge in [0.1, 0.15) is 5.35 Å². The summed E-state index contributed by atoms with van der Waals surface area (Å²) in [5.41, 5.74) is 0.811. The zero-order valence-electron chi connectivity index (χ0n) is 6.74. The van der Waals surface area contributed by atoms with Crippen LogP contribution in [-0.4, -0.2) is 4.98 Å². The molecule has 1 heterocycles. The summed E-state index contributed by atoms with van der Waals surface area (Å²) in [7, 11) is 0. The van der Waals surface area contributed by atoms with Crippen LogP contribution < -0.4 is 10.8 Å². The molecule has 58 valence electrons. The normalized spacial score (nSPS) is 15.1. The first-order valence-corrected chi connectivity index (χ1v) is 3.57. The van der Waals surface area contributed by atoms with Crippen molar-refractivity contribution < 1.29 is 4.42 Å². The van der Waals surface area contributed by atoms with Crippen molar-refractivity contribution in [2.45, 2.75) is 13.8 Å². The van der Waals surface area contributed by atoms with Gasteiger partial charge in [-0.25, -0.2) is 4.98 Å². The van der Waals surface area contributed by atoms with Gasteiger partial charge in [0, 0.05) is 0 Å². The molecule has 0 aliphatic carbocycles. The summed E-state index contributed by atoms with van der Waals surface area (Å²) in [5.74, 6) is 0. The highest BCUT2D eigenvalue weighted by Crippen LogP contribution is 1.71. The Labute approximate surface area is 65.6 Å². The van der Waals surface area contributed by atoms with Gasteiger partial charge in [-0.05, 0) is 19.9 Å². The number of aromatic nitrogens is 1. The van der Waals surface area contributed by atoms with Crippen LogP contribution in [0.5, 0.6) is 0 Å². The molecule has 0 fully saturated rings. The first-order valence-electron chi connectivity index (χ1n) is 3.57. The van der Waals surface area contributed by atoms with E-state index >= 15 is 0 Å². The van der Waals surface area contributed by atoms with Crippen molar-refractivity contribution in [3.05, 3.63) is 29.3 Å². The molecule has 0 aliphatic rings. The van der Waals surface area contributed by atoms with E-state index in [1.54, 1.807) is 0 Å². The van der Waals surface area contributed by atoms with Crippen LogP contribution in [0.2, 0.25) is 0 Å². The highest BCUT2D eigenvalue weighted by molar-refractivity contribution is 5.33. The summed E-state index contributed by atoms with van der Waals surface area (Å²) in [6, 6.07) is 0. The molecule has 0 spiro atoms. The quantitative estimate of drug-likeness (QED) is 0.591. The molecule has 1 rings (SSSR count). The monoisotopic (exact) mass is 149 g/mol. The molecule has 11 heavy (non-hydrogen) atoms. The number of allylic oxidation sites excluding steroid dienone is 2. The van der Waals surface area contributed by atoms with Crippen LogP contribution in [0.25, 0.3) is 12.2 Å². The van der Waals surface area contributed by atoms with Crippen LogP contribution in [0.1, 0.15) is 13.8 Å². The van der Waals surface area contributed by atoms with Crippen molar-refractivity contribution in [1.29, 1.82) is 0 Å². The molecule has 0 N–H and O–H groups in total. The lowest BCUT2D eigenvalue weighted by Gasteiger charge is -1.72. The van der Waals surface area contributed by atoms with Crippen molar-refractivity contribution in [3.63, 3.8) is 0 Å². The topological polar surface area (TPSA) is 26.0 Å². The third-order valence-electron chi connectivity index (χ3n) is 1.34. The van der Waals surface area contributed by atoms with Gasteiger partial charge in [-0.1, -0.05) is 18.2 Å². The minimum Gasteiger partial charge on any atom is -0.443 e. The van der Waals surface area contributed by atoms with Crippen LogP contribution in [0.3, 0.4) is 0 Å². The van der Waals surface area contributed by atoms with E-state index in [1.807, 2.05) is 38.2 Å². The Bertz CT molecular complexity index is 346. The Morgan fingerprint density at radius 1 is 1.45 bits per heavy atom. The number of nitrogens with zero attached hydrogens (tertiary/aromatic N) is 1. The maximum atomic E-state index is 5.11. The first kappa shape index (κ1) is 7.79. The highest BCUT2D eigenvalue weighted by Gasteiger charge is 1.84. The fourth-order valence-corrected chi connectivity index (χ4v) is 0.789. The fraction of sp³-hybridized carbons (Fsp3) is 0.222. The van der Waals surface area contributed by atoms with E-state index in [1.165, 1.54) is 6.39 Å². The molecule has 2 nitrogen and oxygen atoms in total. The predicted molar refractivity (Wildman–Crippen MR) is 45.2 cm³/mol. The lowest BCUT2D eigenvalue weighted by molar-refractivity contribution is 0.525. The number of rotatable bonds is 1. The van der Waals surface area contributed by atoms with Crippen LogP contribution >= 0.6 is 0 Å². The van der Waals surface area contributed by atoms with Gasteiger partial charge >= 0.3 is 0 Å². The van der Waals surface area contributed by atoms with E-state index < -0.39 is 0 Å². The smallest absolute Gasteiger partial charge is 0.181 e. The molecule has 1 aromatic heterocycles. The number of hydrogen-bond acceptors (Lipinski definition) is 2. The van der Waals surface area contributed by atoms with Crippen molar-refractivity contribution >= 4 is 12.2 Å². The molecular weight excluding hydrogens is 138 g/mol. The van der Waals surface area contributed by atoms with E-state index in [4.69, 9.17) is 4.42 Å². The molecule has 0 aromatic carbocycles. The Kier molecular flexibility index (Phi) is 2.66. The molecule has 0 saturated carbocycles. The Hall–Kier alpha value is -1.31. The molecule has 0 unspecified atom stereocenters. The fourth-order valence-electron chi connectivity index (χ4n) is 0.789. The minimum atomic E-state index is 0.811. The summed E-state index contributed by atoms with van der Waals surface area (Å²) in [6.07, 6.45) is 9.13. The SMILES string of the molecule is C\C=C/C=c1/ocn/c1=C/C. The number of oxazole rings is 1. The Morgan fingerprint density at radius 3 is 2.91 bits per heavy atom. The summed E-state index contributed by atoms with van der Waals surface area (Å²) in [6.45, 7) is 3.90. The van der Waals surface area contributed by atoms with Crippen LogP contribution in [0.4, 0.5) is 0 Å². The van der Waals surface area contributed by atoms with E-state index in [0.29, 0.717) is 0 Å². The molecule has 0 amide bonds. The Morgan fingerprint density at radius 2 is 2.27 bits per heavy atom.